The van der Waals surface area contributed by atoms with Gasteiger partial charge in [0.05, 0.1) is 22.2 Å². The Morgan fingerprint density at radius 3 is 2.56 bits per heavy atom. The Morgan fingerprint density at radius 1 is 1.14 bits per heavy atom. The van der Waals surface area contributed by atoms with Gasteiger partial charge in [-0.25, -0.2) is 17.2 Å². The Hall–Kier alpha value is -2.97. The fourth-order valence-electron chi connectivity index (χ4n) is 4.08. The fraction of sp³-hybridized carbons (Fsp3) is 0.296. The highest BCUT2D eigenvalue weighted by Crippen LogP contribution is 2.42. The molecule has 0 saturated heterocycles. The number of carbonyl (C=O) groups excluding carboxylic acids is 1. The van der Waals surface area contributed by atoms with E-state index in [2.05, 4.69) is 0 Å². The molecule has 0 saturated carbocycles. The first kappa shape index (κ1) is 26.1. The number of hydrogen-bond acceptors (Lipinski definition) is 4. The smallest absolute Gasteiger partial charge is 0.264 e. The van der Waals surface area contributed by atoms with Crippen molar-refractivity contribution in [2.24, 2.45) is 0 Å². The van der Waals surface area contributed by atoms with Crippen molar-refractivity contribution in [2.45, 2.75) is 50.3 Å². The lowest BCUT2D eigenvalue weighted by Crippen LogP contribution is -2.44. The maximum absolute atomic E-state index is 14.1. The summed E-state index contributed by atoms with van der Waals surface area (Å²) in [6.45, 7) is 4.10. The third-order valence-electron chi connectivity index (χ3n) is 6.09. The molecule has 4 rings (SSSR count). The number of ether oxygens (including phenoxy) is 1. The van der Waals surface area contributed by atoms with Crippen molar-refractivity contribution < 1.29 is 26.7 Å². The van der Waals surface area contributed by atoms with Crippen LogP contribution in [0, 0.1) is 12.7 Å². The molecule has 1 aliphatic heterocycles. The van der Waals surface area contributed by atoms with Crippen LogP contribution < -0.4 is 9.04 Å². The van der Waals surface area contributed by atoms with Crippen LogP contribution >= 0.6 is 11.6 Å². The van der Waals surface area contributed by atoms with Crippen molar-refractivity contribution >= 4 is 33.1 Å². The second-order valence-corrected chi connectivity index (χ2v) is 11.6. The number of fused-ring (bicyclic) bond motifs is 1. The molecule has 0 radical (unpaired) electrons. The van der Waals surface area contributed by atoms with E-state index in [1.54, 1.807) is 49.4 Å². The molecule has 0 fully saturated rings. The maximum atomic E-state index is 14.1. The van der Waals surface area contributed by atoms with Crippen LogP contribution in [0.2, 0.25) is 5.02 Å². The van der Waals surface area contributed by atoms with E-state index in [1.807, 2.05) is 0 Å². The van der Waals surface area contributed by atoms with Gasteiger partial charge < -0.3 is 4.74 Å². The largest absolute Gasteiger partial charge is 0.486 e. The predicted octanol–water partition coefficient (Wildman–Crippen LogP) is 6.51. The van der Waals surface area contributed by atoms with Crippen LogP contribution in [0.1, 0.15) is 32.3 Å². The highest BCUT2D eigenvalue weighted by atomic mass is 35.5. The number of ketones is 1. The zero-order chi connectivity index (χ0) is 26.3. The molecular formula is C27H26ClF2NO4S. The zero-order valence-electron chi connectivity index (χ0n) is 20.1. The Kier molecular flexibility index (Phi) is 7.12. The molecule has 5 nitrogen and oxygen atoms in total. The molecule has 1 atom stereocenters. The van der Waals surface area contributed by atoms with Crippen LogP contribution in [0.15, 0.2) is 65.6 Å². The number of Topliss-reactive ketones (excluding diaryl/α,β-unsaturated/α-hetero) is 1. The molecule has 3 aromatic rings. The number of carbonyl (C=O) groups is 1. The van der Waals surface area contributed by atoms with Gasteiger partial charge in [-0.1, -0.05) is 41.9 Å². The summed E-state index contributed by atoms with van der Waals surface area (Å²) in [4.78, 5) is 12.2. The van der Waals surface area contributed by atoms with Gasteiger partial charge in [0.15, 0.2) is 11.5 Å². The Morgan fingerprint density at radius 2 is 1.86 bits per heavy atom. The van der Waals surface area contributed by atoms with Gasteiger partial charge in [-0.15, -0.1) is 0 Å². The first-order valence-electron chi connectivity index (χ1n) is 11.4. The number of alkyl halides is 1. The Bertz CT molecular complexity index is 1420. The van der Waals surface area contributed by atoms with Gasteiger partial charge in [0.25, 0.3) is 10.0 Å². The third-order valence-corrected chi connectivity index (χ3v) is 8.25. The molecule has 0 aliphatic carbocycles. The lowest BCUT2D eigenvalue weighted by molar-refractivity contribution is -0.129. The van der Waals surface area contributed by atoms with Crippen LogP contribution in [0.25, 0.3) is 11.1 Å². The second kappa shape index (κ2) is 9.82. The van der Waals surface area contributed by atoms with Crippen molar-refractivity contribution in [1.82, 2.24) is 0 Å². The number of rotatable bonds is 7. The number of benzene rings is 3. The van der Waals surface area contributed by atoms with Crippen LogP contribution in [0.3, 0.4) is 0 Å². The number of nitrogens with zero attached hydrogens (tertiary/aromatic N) is 1. The normalized spacial score (nSPS) is 15.8. The number of aryl methyl sites for hydroxylation is 1. The summed E-state index contributed by atoms with van der Waals surface area (Å²) in [5.41, 5.74) is -0.0248. The monoisotopic (exact) mass is 533 g/mol. The minimum atomic E-state index is -4.03. The molecule has 0 bridgehead atoms. The highest BCUT2D eigenvalue weighted by Gasteiger charge is 2.36. The van der Waals surface area contributed by atoms with Crippen LogP contribution in [0.5, 0.6) is 5.75 Å². The molecule has 1 aliphatic rings. The zero-order valence-corrected chi connectivity index (χ0v) is 21.7. The molecule has 9 heteroatoms. The topological polar surface area (TPSA) is 63.7 Å². The standard InChI is InChI=1S/C27H26ClF2NO4S/c1-17-6-4-7-20(14-17)36(33,34)31-16-19(11-13-25(32)27(2,3)30)35-24-12-10-18(15-23(24)31)21-8-5-9-22(29)26(21)28/h4-10,12,14-15,19H,11,13,16H2,1-3H3/t19-/m0/s1. The fourth-order valence-corrected chi connectivity index (χ4v) is 5.92. The van der Waals surface area contributed by atoms with Crippen molar-refractivity contribution in [3.63, 3.8) is 0 Å². The summed E-state index contributed by atoms with van der Waals surface area (Å²) in [5, 5.41) is -0.0764. The highest BCUT2D eigenvalue weighted by molar-refractivity contribution is 7.92. The Labute approximate surface area is 214 Å². The second-order valence-electron chi connectivity index (χ2n) is 9.31. The van der Waals surface area contributed by atoms with Crippen LogP contribution in [-0.2, 0) is 14.8 Å². The summed E-state index contributed by atoms with van der Waals surface area (Å²) in [7, 11) is -4.03. The molecule has 0 unspecified atom stereocenters. The maximum Gasteiger partial charge on any atom is 0.264 e. The predicted molar refractivity (Wildman–Crippen MR) is 136 cm³/mol. The molecular weight excluding hydrogens is 508 g/mol. The molecule has 3 aromatic carbocycles. The number of halogens is 3. The lowest BCUT2D eigenvalue weighted by Gasteiger charge is -2.36. The minimum absolute atomic E-state index is 0.0764. The summed E-state index contributed by atoms with van der Waals surface area (Å²) < 4.78 is 62.9. The quantitative estimate of drug-likeness (QED) is 0.347. The van der Waals surface area contributed by atoms with Gasteiger partial charge in [0.1, 0.15) is 17.7 Å². The van der Waals surface area contributed by atoms with Gasteiger partial charge in [-0.2, -0.15) is 0 Å². The van der Waals surface area contributed by atoms with Gasteiger partial charge >= 0.3 is 0 Å². The van der Waals surface area contributed by atoms with E-state index in [0.29, 0.717) is 11.1 Å². The van der Waals surface area contributed by atoms with E-state index in [0.717, 1.165) is 5.56 Å². The van der Waals surface area contributed by atoms with Gasteiger partial charge in [0.2, 0.25) is 0 Å². The van der Waals surface area contributed by atoms with Crippen LogP contribution in [-0.4, -0.2) is 32.5 Å². The number of anilines is 1. The van der Waals surface area contributed by atoms with Crippen molar-refractivity contribution in [1.29, 1.82) is 0 Å². The first-order valence-corrected chi connectivity index (χ1v) is 13.3. The first-order chi connectivity index (χ1) is 16.9. The summed E-state index contributed by atoms with van der Waals surface area (Å²) in [6.07, 6.45) is -0.631. The van der Waals surface area contributed by atoms with Crippen molar-refractivity contribution in [3.8, 4) is 16.9 Å². The lowest BCUT2D eigenvalue weighted by atomic mass is 9.99. The van der Waals surface area contributed by atoms with E-state index >= 15 is 0 Å². The molecule has 190 valence electrons. The summed E-state index contributed by atoms with van der Waals surface area (Å²) in [5.74, 6) is -0.889. The molecule has 36 heavy (non-hydrogen) atoms. The summed E-state index contributed by atoms with van der Waals surface area (Å²) in [6, 6.07) is 15.8. The van der Waals surface area contributed by atoms with Crippen molar-refractivity contribution in [2.75, 3.05) is 10.8 Å². The third kappa shape index (κ3) is 5.25. The molecule has 0 N–H and O–H groups in total. The molecule has 1 heterocycles. The SMILES string of the molecule is Cc1cccc(S(=O)(=O)N2C[C@H](CCC(=O)C(C)(C)F)Oc3ccc(-c4cccc(F)c4Cl)cc32)c1. The van der Waals surface area contributed by atoms with E-state index < -0.39 is 33.4 Å². The molecule has 0 spiro atoms. The van der Waals surface area contributed by atoms with Gasteiger partial charge in [-0.3, -0.25) is 9.10 Å². The van der Waals surface area contributed by atoms with E-state index in [-0.39, 0.29) is 40.7 Å². The average molecular weight is 534 g/mol. The average Bonchev–Trinajstić information content (AvgIpc) is 2.82. The number of sulfonamides is 1. The summed E-state index contributed by atoms with van der Waals surface area (Å²) >= 11 is 6.18. The minimum Gasteiger partial charge on any atom is -0.486 e. The van der Waals surface area contributed by atoms with Crippen molar-refractivity contribution in [3.05, 3.63) is 77.1 Å². The van der Waals surface area contributed by atoms with Gasteiger partial charge in [-0.05, 0) is 68.7 Å². The van der Waals surface area contributed by atoms with E-state index in [9.17, 15) is 22.0 Å². The Balaban J connectivity index is 1.77. The van der Waals surface area contributed by atoms with E-state index in [4.69, 9.17) is 16.3 Å². The van der Waals surface area contributed by atoms with Crippen LogP contribution in [0.4, 0.5) is 14.5 Å². The molecule has 0 amide bonds. The molecule has 0 aromatic heterocycles. The van der Waals surface area contributed by atoms with E-state index in [1.165, 1.54) is 36.4 Å². The van der Waals surface area contributed by atoms with Gasteiger partial charge in [0, 0.05) is 12.0 Å². The number of hydrogen-bond donors (Lipinski definition) is 0.